The maximum Gasteiger partial charge on any atom is 0.416 e. The summed E-state index contributed by atoms with van der Waals surface area (Å²) in [6.45, 7) is 2.04. The predicted octanol–water partition coefficient (Wildman–Crippen LogP) is 6.97. The second-order valence-electron chi connectivity index (χ2n) is 7.22. The number of aryl methyl sites for hydroxylation is 1. The van der Waals surface area contributed by atoms with Crippen molar-refractivity contribution in [2.24, 2.45) is 0 Å². The highest BCUT2D eigenvalue weighted by molar-refractivity contribution is 5.85. The van der Waals surface area contributed by atoms with Gasteiger partial charge in [-0.3, -0.25) is 0 Å². The summed E-state index contributed by atoms with van der Waals surface area (Å²) < 4.78 is 38.0. The van der Waals surface area contributed by atoms with Gasteiger partial charge in [0.15, 0.2) is 0 Å². The third-order valence-corrected chi connectivity index (χ3v) is 4.81. The number of alkyl halides is 3. The average Bonchev–Trinajstić information content (AvgIpc) is 2.77. The van der Waals surface area contributed by atoms with E-state index in [0.717, 1.165) is 39.6 Å². The Hall–Kier alpha value is -3.95. The molecular formula is C28H17F3. The van der Waals surface area contributed by atoms with Crippen molar-refractivity contribution in [2.45, 2.75) is 13.1 Å². The van der Waals surface area contributed by atoms with Gasteiger partial charge >= 0.3 is 6.18 Å². The van der Waals surface area contributed by atoms with Gasteiger partial charge in [-0.2, -0.15) is 13.2 Å². The van der Waals surface area contributed by atoms with Gasteiger partial charge in [0, 0.05) is 22.3 Å². The molecule has 0 N–H and O–H groups in total. The molecule has 0 aliphatic carbocycles. The molecule has 0 heterocycles. The average molecular weight is 410 g/mol. The van der Waals surface area contributed by atoms with Crippen molar-refractivity contribution in [3.8, 4) is 23.7 Å². The van der Waals surface area contributed by atoms with Crippen LogP contribution in [0.5, 0.6) is 0 Å². The van der Waals surface area contributed by atoms with Crippen molar-refractivity contribution >= 4 is 10.8 Å². The molecule has 3 heteroatoms. The fraction of sp³-hybridized carbons (Fsp3) is 0.0714. The molecule has 0 spiro atoms. The van der Waals surface area contributed by atoms with E-state index in [9.17, 15) is 13.2 Å². The maximum absolute atomic E-state index is 12.7. The molecule has 0 unspecified atom stereocenters. The Balaban J connectivity index is 1.54. The van der Waals surface area contributed by atoms with Gasteiger partial charge in [0.2, 0.25) is 0 Å². The highest BCUT2D eigenvalue weighted by Crippen LogP contribution is 2.29. The van der Waals surface area contributed by atoms with E-state index < -0.39 is 11.7 Å². The minimum Gasteiger partial charge on any atom is -0.166 e. The van der Waals surface area contributed by atoms with Crippen LogP contribution in [0.2, 0.25) is 0 Å². The first kappa shape index (κ1) is 20.3. The summed E-state index contributed by atoms with van der Waals surface area (Å²) in [6.07, 6.45) is -4.34. The van der Waals surface area contributed by atoms with Crippen LogP contribution in [0, 0.1) is 30.6 Å². The van der Waals surface area contributed by atoms with Crippen LogP contribution >= 0.6 is 0 Å². The minimum absolute atomic E-state index is 0.537. The van der Waals surface area contributed by atoms with Crippen molar-refractivity contribution < 1.29 is 13.2 Å². The smallest absolute Gasteiger partial charge is 0.166 e. The second kappa shape index (κ2) is 8.42. The van der Waals surface area contributed by atoms with E-state index in [4.69, 9.17) is 0 Å². The van der Waals surface area contributed by atoms with E-state index in [1.807, 2.05) is 67.6 Å². The number of hydrogen-bond acceptors (Lipinski definition) is 0. The number of hydrogen-bond donors (Lipinski definition) is 0. The van der Waals surface area contributed by atoms with Gasteiger partial charge in [-0.15, -0.1) is 0 Å². The summed E-state index contributed by atoms with van der Waals surface area (Å²) in [5.41, 5.74) is 3.76. The normalized spacial score (nSPS) is 10.7. The Morgan fingerprint density at radius 2 is 0.903 bits per heavy atom. The van der Waals surface area contributed by atoms with E-state index in [2.05, 4.69) is 23.7 Å². The molecule has 4 aromatic rings. The fourth-order valence-corrected chi connectivity index (χ4v) is 3.07. The topological polar surface area (TPSA) is 0 Å². The molecule has 0 fully saturated rings. The third-order valence-electron chi connectivity index (χ3n) is 4.81. The van der Waals surface area contributed by atoms with Crippen molar-refractivity contribution in [3.63, 3.8) is 0 Å². The summed E-state index contributed by atoms with van der Waals surface area (Å²) in [5.74, 6) is 12.3. The van der Waals surface area contributed by atoms with E-state index in [1.54, 1.807) is 0 Å². The molecule has 31 heavy (non-hydrogen) atoms. The lowest BCUT2D eigenvalue weighted by molar-refractivity contribution is -0.137. The van der Waals surface area contributed by atoms with Gasteiger partial charge < -0.3 is 0 Å². The minimum atomic E-state index is -4.34. The maximum atomic E-state index is 12.7. The van der Waals surface area contributed by atoms with Crippen molar-refractivity contribution in [1.82, 2.24) is 0 Å². The Morgan fingerprint density at radius 1 is 0.516 bits per heavy atom. The van der Waals surface area contributed by atoms with Gasteiger partial charge in [-0.05, 0) is 78.4 Å². The molecule has 0 atom stereocenters. The molecule has 4 aromatic carbocycles. The Bertz CT molecular complexity index is 1350. The van der Waals surface area contributed by atoms with Crippen LogP contribution in [0.15, 0.2) is 84.9 Å². The number of rotatable bonds is 0. The van der Waals surface area contributed by atoms with Crippen LogP contribution in [0.1, 0.15) is 33.4 Å². The first-order chi connectivity index (χ1) is 14.9. The van der Waals surface area contributed by atoms with E-state index in [-0.39, 0.29) is 0 Å². The lowest BCUT2D eigenvalue weighted by Crippen LogP contribution is -2.04. The standard InChI is InChI=1S/C28H17F3/c1-20-2-4-21(5-3-20)6-8-23-10-14-26-19-24(11-15-25(26)18-23)9-7-22-12-16-27(17-13-22)28(29,30)31/h2-5,10-19H,1H3. The molecule has 0 aromatic heterocycles. The zero-order chi connectivity index (χ0) is 21.8. The van der Waals surface area contributed by atoms with Crippen LogP contribution in [0.4, 0.5) is 13.2 Å². The zero-order valence-corrected chi connectivity index (χ0v) is 16.7. The Kier molecular flexibility index (Phi) is 5.52. The molecule has 0 amide bonds. The molecule has 0 aliphatic heterocycles. The van der Waals surface area contributed by atoms with Gasteiger partial charge in [0.1, 0.15) is 0 Å². The van der Waals surface area contributed by atoms with Crippen molar-refractivity contribution in [1.29, 1.82) is 0 Å². The molecule has 0 aliphatic rings. The highest BCUT2D eigenvalue weighted by atomic mass is 19.4. The molecule has 0 radical (unpaired) electrons. The van der Waals surface area contributed by atoms with Gasteiger partial charge in [-0.1, -0.05) is 53.5 Å². The Morgan fingerprint density at radius 3 is 1.35 bits per heavy atom. The highest BCUT2D eigenvalue weighted by Gasteiger charge is 2.29. The van der Waals surface area contributed by atoms with Crippen LogP contribution in [-0.4, -0.2) is 0 Å². The molecule has 0 saturated heterocycles. The quantitative estimate of drug-likeness (QED) is 0.275. The fourth-order valence-electron chi connectivity index (χ4n) is 3.07. The number of benzene rings is 4. The van der Waals surface area contributed by atoms with Crippen LogP contribution in [0.25, 0.3) is 10.8 Å². The first-order valence-electron chi connectivity index (χ1n) is 9.69. The van der Waals surface area contributed by atoms with Gasteiger partial charge in [0.25, 0.3) is 0 Å². The largest absolute Gasteiger partial charge is 0.416 e. The predicted molar refractivity (Wildman–Crippen MR) is 119 cm³/mol. The third kappa shape index (κ3) is 5.16. The Labute approximate surface area is 179 Å². The van der Waals surface area contributed by atoms with Crippen LogP contribution < -0.4 is 0 Å². The molecule has 0 saturated carbocycles. The van der Waals surface area contributed by atoms with E-state index in [1.165, 1.54) is 17.7 Å². The van der Waals surface area contributed by atoms with Gasteiger partial charge in [-0.25, -0.2) is 0 Å². The zero-order valence-electron chi connectivity index (χ0n) is 16.7. The molecular weight excluding hydrogens is 393 g/mol. The lowest BCUT2D eigenvalue weighted by Gasteiger charge is -2.05. The summed E-state index contributed by atoms with van der Waals surface area (Å²) in [7, 11) is 0. The van der Waals surface area contributed by atoms with Crippen LogP contribution in [-0.2, 0) is 6.18 Å². The van der Waals surface area contributed by atoms with Crippen molar-refractivity contribution in [3.05, 3.63) is 118 Å². The summed E-state index contributed by atoms with van der Waals surface area (Å²) in [6, 6.07) is 24.8. The number of halogens is 3. The monoisotopic (exact) mass is 410 g/mol. The molecule has 150 valence electrons. The molecule has 0 nitrogen and oxygen atoms in total. The van der Waals surface area contributed by atoms with E-state index >= 15 is 0 Å². The van der Waals surface area contributed by atoms with E-state index in [0.29, 0.717) is 5.56 Å². The van der Waals surface area contributed by atoms with Crippen molar-refractivity contribution in [2.75, 3.05) is 0 Å². The summed E-state index contributed by atoms with van der Waals surface area (Å²) >= 11 is 0. The SMILES string of the molecule is Cc1ccc(C#Cc2ccc3cc(C#Cc4ccc(C(F)(F)F)cc4)ccc3c2)cc1. The number of fused-ring (bicyclic) bond motifs is 1. The molecule has 4 rings (SSSR count). The van der Waals surface area contributed by atoms with Crippen LogP contribution in [0.3, 0.4) is 0 Å². The van der Waals surface area contributed by atoms with Gasteiger partial charge in [0.05, 0.1) is 5.56 Å². The summed E-state index contributed by atoms with van der Waals surface area (Å²) in [4.78, 5) is 0. The second-order valence-corrected chi connectivity index (χ2v) is 7.22. The molecule has 0 bridgehead atoms. The first-order valence-corrected chi connectivity index (χ1v) is 9.69. The summed E-state index contributed by atoms with van der Waals surface area (Å²) in [5, 5.41) is 2.08. The lowest BCUT2D eigenvalue weighted by atomic mass is 10.0.